The Balaban J connectivity index is 1.99. The Labute approximate surface area is 166 Å². The second kappa shape index (κ2) is 8.75. The maximum absolute atomic E-state index is 12.7. The van der Waals surface area contributed by atoms with Crippen molar-refractivity contribution < 1.29 is 19.0 Å². The van der Waals surface area contributed by atoms with Crippen molar-refractivity contribution in [3.63, 3.8) is 0 Å². The number of H-pyrrole nitrogens is 1. The van der Waals surface area contributed by atoms with Crippen molar-refractivity contribution >= 4 is 28.5 Å². The summed E-state index contributed by atoms with van der Waals surface area (Å²) in [4.78, 5) is 31.7. The van der Waals surface area contributed by atoms with Gasteiger partial charge in [-0.1, -0.05) is 17.7 Å². The summed E-state index contributed by atoms with van der Waals surface area (Å²) < 4.78 is 16.4. The van der Waals surface area contributed by atoms with Crippen LogP contribution in [0, 0.1) is 0 Å². The predicted octanol–water partition coefficient (Wildman–Crippen LogP) is 3.73. The second-order valence-electron chi connectivity index (χ2n) is 5.81. The van der Waals surface area contributed by atoms with E-state index in [-0.39, 0.29) is 18.8 Å². The first-order valence-electron chi connectivity index (χ1n) is 8.76. The fraction of sp³-hybridized carbons (Fsp3) is 0.250. The van der Waals surface area contributed by atoms with Crippen LogP contribution in [0.2, 0.25) is 5.15 Å². The van der Waals surface area contributed by atoms with E-state index in [0.29, 0.717) is 34.2 Å². The number of nitrogens with zero attached hydrogens (tertiary/aromatic N) is 1. The number of rotatable bonds is 7. The molecule has 1 aromatic carbocycles. The molecule has 0 aliphatic rings. The van der Waals surface area contributed by atoms with E-state index >= 15 is 0 Å². The number of pyridine rings is 2. The molecule has 7 nitrogen and oxygen atoms in total. The lowest BCUT2D eigenvalue weighted by molar-refractivity contribution is 0.0524. The Kier molecular flexibility index (Phi) is 6.16. The lowest BCUT2D eigenvalue weighted by Gasteiger charge is -2.13. The SMILES string of the molecule is CCOC(=O)c1c[nH]c2cc(OCC)c(OCc3ccc(Cl)nc3)cc2c1=O. The van der Waals surface area contributed by atoms with E-state index in [1.165, 1.54) is 6.20 Å². The van der Waals surface area contributed by atoms with Crippen molar-refractivity contribution in [3.8, 4) is 11.5 Å². The van der Waals surface area contributed by atoms with E-state index in [9.17, 15) is 9.59 Å². The first kappa shape index (κ1) is 19.7. The maximum atomic E-state index is 12.7. The summed E-state index contributed by atoms with van der Waals surface area (Å²) in [7, 11) is 0. The lowest BCUT2D eigenvalue weighted by atomic mass is 10.1. The van der Waals surface area contributed by atoms with Crippen LogP contribution in [-0.2, 0) is 11.3 Å². The molecule has 0 fully saturated rings. The Bertz CT molecular complexity index is 1050. The molecule has 3 aromatic rings. The highest BCUT2D eigenvalue weighted by atomic mass is 35.5. The molecule has 0 saturated heterocycles. The fourth-order valence-electron chi connectivity index (χ4n) is 2.62. The van der Waals surface area contributed by atoms with Crippen LogP contribution >= 0.6 is 11.6 Å². The molecule has 0 bridgehead atoms. The fourth-order valence-corrected chi connectivity index (χ4v) is 2.73. The van der Waals surface area contributed by atoms with E-state index in [1.807, 2.05) is 6.92 Å². The average molecular weight is 403 g/mol. The van der Waals surface area contributed by atoms with Crippen LogP contribution in [0.25, 0.3) is 10.9 Å². The van der Waals surface area contributed by atoms with E-state index in [0.717, 1.165) is 5.56 Å². The molecular weight excluding hydrogens is 384 g/mol. The number of aromatic nitrogens is 2. The van der Waals surface area contributed by atoms with Gasteiger partial charge in [0.1, 0.15) is 17.3 Å². The summed E-state index contributed by atoms with van der Waals surface area (Å²) in [5.41, 5.74) is 0.836. The molecule has 2 heterocycles. The van der Waals surface area contributed by atoms with Crippen molar-refractivity contribution in [2.45, 2.75) is 20.5 Å². The van der Waals surface area contributed by atoms with Crippen LogP contribution in [0.3, 0.4) is 0 Å². The van der Waals surface area contributed by atoms with Gasteiger partial charge in [-0.15, -0.1) is 0 Å². The smallest absolute Gasteiger partial charge is 0.343 e. The summed E-state index contributed by atoms with van der Waals surface area (Å²) in [6, 6.07) is 6.69. The summed E-state index contributed by atoms with van der Waals surface area (Å²) in [5, 5.41) is 0.695. The molecule has 0 aliphatic carbocycles. The van der Waals surface area contributed by atoms with Crippen molar-refractivity contribution in [2.24, 2.45) is 0 Å². The van der Waals surface area contributed by atoms with E-state index in [2.05, 4.69) is 9.97 Å². The largest absolute Gasteiger partial charge is 0.490 e. The van der Waals surface area contributed by atoms with Gasteiger partial charge in [-0.05, 0) is 26.0 Å². The van der Waals surface area contributed by atoms with Gasteiger partial charge in [-0.3, -0.25) is 4.79 Å². The number of aromatic amines is 1. The molecule has 8 heteroatoms. The van der Waals surface area contributed by atoms with E-state index in [4.69, 9.17) is 25.8 Å². The van der Waals surface area contributed by atoms with Gasteiger partial charge < -0.3 is 19.2 Å². The second-order valence-corrected chi connectivity index (χ2v) is 6.19. The molecular formula is C20H19ClN2O5. The molecule has 0 spiro atoms. The Morgan fingerprint density at radius 3 is 2.61 bits per heavy atom. The molecule has 0 atom stereocenters. The average Bonchev–Trinajstić information content (AvgIpc) is 2.68. The summed E-state index contributed by atoms with van der Waals surface area (Å²) in [6.07, 6.45) is 2.95. The summed E-state index contributed by atoms with van der Waals surface area (Å²) in [5.74, 6) is 0.196. The van der Waals surface area contributed by atoms with Crippen molar-refractivity contribution in [1.82, 2.24) is 9.97 Å². The number of halogens is 1. The number of hydrogen-bond donors (Lipinski definition) is 1. The van der Waals surface area contributed by atoms with Crippen LogP contribution in [0.5, 0.6) is 11.5 Å². The third-order valence-corrected chi connectivity index (χ3v) is 4.15. The highest BCUT2D eigenvalue weighted by Gasteiger charge is 2.17. The van der Waals surface area contributed by atoms with Gasteiger partial charge in [0.25, 0.3) is 0 Å². The van der Waals surface area contributed by atoms with Gasteiger partial charge in [-0.2, -0.15) is 0 Å². The maximum Gasteiger partial charge on any atom is 0.343 e. The van der Waals surface area contributed by atoms with Gasteiger partial charge in [0, 0.05) is 24.0 Å². The Morgan fingerprint density at radius 1 is 1.14 bits per heavy atom. The Hall–Kier alpha value is -3.06. The topological polar surface area (TPSA) is 90.5 Å². The van der Waals surface area contributed by atoms with Crippen LogP contribution < -0.4 is 14.9 Å². The number of nitrogens with one attached hydrogen (secondary N) is 1. The zero-order valence-corrected chi connectivity index (χ0v) is 16.2. The standard InChI is InChI=1S/C20H19ClN2O5/c1-3-26-17-8-15-13(19(24)14(10-22-15)20(25)27-4-2)7-16(17)28-11-12-5-6-18(21)23-9-12/h5-10H,3-4,11H2,1-2H3,(H,22,24). The molecule has 2 aromatic heterocycles. The number of carbonyl (C=O) groups excluding carboxylic acids is 1. The third kappa shape index (κ3) is 4.26. The number of carbonyl (C=O) groups is 1. The molecule has 0 aliphatic heterocycles. The molecule has 1 N–H and O–H groups in total. The van der Waals surface area contributed by atoms with Crippen LogP contribution in [0.1, 0.15) is 29.8 Å². The van der Waals surface area contributed by atoms with Crippen molar-refractivity contribution in [2.75, 3.05) is 13.2 Å². The van der Waals surface area contributed by atoms with Crippen LogP contribution in [0.15, 0.2) is 41.5 Å². The first-order chi connectivity index (χ1) is 13.5. The minimum absolute atomic E-state index is 0.0636. The number of hydrogen-bond acceptors (Lipinski definition) is 6. The van der Waals surface area contributed by atoms with Crippen LogP contribution in [0.4, 0.5) is 0 Å². The molecule has 28 heavy (non-hydrogen) atoms. The number of esters is 1. The van der Waals surface area contributed by atoms with Gasteiger partial charge in [0.2, 0.25) is 5.43 Å². The van der Waals surface area contributed by atoms with E-state index < -0.39 is 11.4 Å². The zero-order chi connectivity index (χ0) is 20.1. The monoisotopic (exact) mass is 402 g/mol. The summed E-state index contributed by atoms with van der Waals surface area (Å²) in [6.45, 7) is 4.35. The Morgan fingerprint density at radius 2 is 1.93 bits per heavy atom. The lowest BCUT2D eigenvalue weighted by Crippen LogP contribution is -2.18. The van der Waals surface area contributed by atoms with E-state index in [1.54, 1.807) is 37.4 Å². The zero-order valence-electron chi connectivity index (χ0n) is 15.5. The van der Waals surface area contributed by atoms with Crippen molar-refractivity contribution in [3.05, 3.63) is 63.2 Å². The highest BCUT2D eigenvalue weighted by Crippen LogP contribution is 2.31. The van der Waals surface area contributed by atoms with Gasteiger partial charge in [-0.25, -0.2) is 9.78 Å². The number of fused-ring (bicyclic) bond motifs is 1. The molecule has 3 rings (SSSR count). The van der Waals surface area contributed by atoms with Gasteiger partial charge >= 0.3 is 5.97 Å². The van der Waals surface area contributed by atoms with Crippen molar-refractivity contribution in [1.29, 1.82) is 0 Å². The molecule has 146 valence electrons. The minimum Gasteiger partial charge on any atom is -0.490 e. The molecule has 0 amide bonds. The number of benzene rings is 1. The van der Waals surface area contributed by atoms with Crippen LogP contribution in [-0.4, -0.2) is 29.2 Å². The molecule has 0 radical (unpaired) electrons. The quantitative estimate of drug-likeness (QED) is 0.478. The molecule has 0 saturated carbocycles. The van der Waals surface area contributed by atoms with Gasteiger partial charge in [0.15, 0.2) is 11.5 Å². The predicted molar refractivity (Wildman–Crippen MR) is 105 cm³/mol. The minimum atomic E-state index is -0.672. The number of ether oxygens (including phenoxy) is 3. The molecule has 0 unspecified atom stereocenters. The van der Waals surface area contributed by atoms with Gasteiger partial charge in [0.05, 0.1) is 24.1 Å². The summed E-state index contributed by atoms with van der Waals surface area (Å²) >= 11 is 5.79. The normalized spacial score (nSPS) is 10.7. The third-order valence-electron chi connectivity index (χ3n) is 3.92. The highest BCUT2D eigenvalue weighted by molar-refractivity contribution is 6.29. The first-order valence-corrected chi connectivity index (χ1v) is 9.13.